The maximum Gasteiger partial charge on any atom is 0.0216 e. The van der Waals surface area contributed by atoms with Crippen LogP contribution in [0.1, 0.15) is 18.1 Å². The highest BCUT2D eigenvalue weighted by Gasteiger charge is 2.16. The minimum atomic E-state index is 1.07. The first-order valence-corrected chi connectivity index (χ1v) is 6.59. The molecule has 0 aliphatic heterocycles. The first kappa shape index (κ1) is 10.8. The van der Waals surface area contributed by atoms with Crippen molar-refractivity contribution in [3.05, 3.63) is 63.6 Å². The second-order valence-corrected chi connectivity index (χ2v) is 5.38. The molecule has 0 amide bonds. The highest BCUT2D eigenvalue weighted by molar-refractivity contribution is 9.10. The number of benzene rings is 2. The fourth-order valence-corrected chi connectivity index (χ4v) is 2.91. The molecule has 0 N–H and O–H groups in total. The van der Waals surface area contributed by atoms with Gasteiger partial charge in [-0.15, -0.1) is 0 Å². The molecule has 0 atom stereocenters. The van der Waals surface area contributed by atoms with Crippen LogP contribution in [0.15, 0.2) is 52.5 Å². The Morgan fingerprint density at radius 3 is 2.53 bits per heavy atom. The van der Waals surface area contributed by atoms with Crippen LogP contribution in [0.5, 0.6) is 0 Å². The molecule has 0 aromatic heterocycles. The Kier molecular flexibility index (Phi) is 2.64. The van der Waals surface area contributed by atoms with Gasteiger partial charge in [0.05, 0.1) is 0 Å². The van der Waals surface area contributed by atoms with E-state index in [1.165, 1.54) is 32.3 Å². The number of hydrogen-bond acceptors (Lipinski definition) is 0. The molecule has 0 bridgehead atoms. The van der Waals surface area contributed by atoms with E-state index in [1.807, 2.05) is 0 Å². The molecular formula is C16H13Br. The van der Waals surface area contributed by atoms with Crippen molar-refractivity contribution in [1.29, 1.82) is 0 Å². The van der Waals surface area contributed by atoms with Gasteiger partial charge in [-0.05, 0) is 41.7 Å². The van der Waals surface area contributed by atoms with E-state index in [1.54, 1.807) is 0 Å². The number of halogens is 1. The van der Waals surface area contributed by atoms with E-state index < -0.39 is 0 Å². The van der Waals surface area contributed by atoms with Crippen molar-refractivity contribution in [3.8, 4) is 11.1 Å². The van der Waals surface area contributed by atoms with Crippen LogP contribution in [0.3, 0.4) is 0 Å². The average molecular weight is 285 g/mol. The summed E-state index contributed by atoms with van der Waals surface area (Å²) in [6, 6.07) is 14.9. The Hall–Kier alpha value is -1.34. The summed E-state index contributed by atoms with van der Waals surface area (Å²) in [5.41, 5.74) is 6.86. The minimum absolute atomic E-state index is 1.07. The van der Waals surface area contributed by atoms with Crippen molar-refractivity contribution in [1.82, 2.24) is 0 Å². The lowest BCUT2D eigenvalue weighted by molar-refractivity contribution is 1.18. The molecule has 2 aromatic carbocycles. The second kappa shape index (κ2) is 4.15. The van der Waals surface area contributed by atoms with Gasteiger partial charge in [-0.3, -0.25) is 0 Å². The van der Waals surface area contributed by atoms with Crippen molar-refractivity contribution >= 4 is 22.0 Å². The van der Waals surface area contributed by atoms with Gasteiger partial charge in [0.15, 0.2) is 0 Å². The zero-order valence-corrected chi connectivity index (χ0v) is 11.3. The smallest absolute Gasteiger partial charge is 0.0216 e. The molecule has 2 aromatic rings. The van der Waals surface area contributed by atoms with Gasteiger partial charge in [-0.1, -0.05) is 64.0 Å². The van der Waals surface area contributed by atoms with Crippen LogP contribution in [0.2, 0.25) is 0 Å². The zero-order valence-electron chi connectivity index (χ0n) is 9.70. The molecule has 0 nitrogen and oxygen atoms in total. The van der Waals surface area contributed by atoms with Crippen molar-refractivity contribution in [2.24, 2.45) is 0 Å². The van der Waals surface area contributed by atoms with Gasteiger partial charge in [-0.2, -0.15) is 0 Å². The molecule has 0 fully saturated rings. The van der Waals surface area contributed by atoms with E-state index in [0.29, 0.717) is 0 Å². The minimum Gasteiger partial charge on any atom is -0.0682 e. The second-order valence-electron chi connectivity index (χ2n) is 4.52. The number of hydrogen-bond donors (Lipinski definition) is 0. The molecule has 0 spiro atoms. The van der Waals surface area contributed by atoms with Crippen LogP contribution in [0.25, 0.3) is 17.2 Å². The monoisotopic (exact) mass is 284 g/mol. The molecule has 3 rings (SSSR count). The van der Waals surface area contributed by atoms with E-state index in [4.69, 9.17) is 0 Å². The predicted octanol–water partition coefficient (Wildman–Crippen LogP) is 5.08. The molecular weight excluding hydrogens is 272 g/mol. The maximum atomic E-state index is 3.65. The third-order valence-corrected chi connectivity index (χ3v) is 3.97. The quantitative estimate of drug-likeness (QED) is 0.685. The van der Waals surface area contributed by atoms with Crippen LogP contribution in [-0.4, -0.2) is 0 Å². The van der Waals surface area contributed by atoms with Crippen LogP contribution >= 0.6 is 15.9 Å². The maximum absolute atomic E-state index is 3.65. The largest absolute Gasteiger partial charge is 0.0682 e. The Morgan fingerprint density at radius 2 is 1.76 bits per heavy atom. The van der Waals surface area contributed by atoms with Crippen LogP contribution in [0, 0.1) is 0 Å². The summed E-state index contributed by atoms with van der Waals surface area (Å²) in [5, 5.41) is 0. The summed E-state index contributed by atoms with van der Waals surface area (Å²) in [6.07, 6.45) is 3.37. The SMILES string of the molecule is CC1=Cc2c(-c3ccccc3)ccc(Br)c2C1. The summed E-state index contributed by atoms with van der Waals surface area (Å²) >= 11 is 3.65. The van der Waals surface area contributed by atoms with E-state index in [0.717, 1.165) is 6.42 Å². The summed E-state index contributed by atoms with van der Waals surface area (Å²) in [4.78, 5) is 0. The summed E-state index contributed by atoms with van der Waals surface area (Å²) < 4.78 is 1.22. The van der Waals surface area contributed by atoms with Crippen molar-refractivity contribution in [2.75, 3.05) is 0 Å². The topological polar surface area (TPSA) is 0 Å². The van der Waals surface area contributed by atoms with Gasteiger partial charge >= 0.3 is 0 Å². The Labute approximate surface area is 110 Å². The molecule has 0 unspecified atom stereocenters. The Bertz CT molecular complexity index is 594. The van der Waals surface area contributed by atoms with Crippen LogP contribution in [0.4, 0.5) is 0 Å². The lowest BCUT2D eigenvalue weighted by Gasteiger charge is -2.09. The van der Waals surface area contributed by atoms with Gasteiger partial charge in [0.2, 0.25) is 0 Å². The van der Waals surface area contributed by atoms with Crippen LogP contribution in [-0.2, 0) is 6.42 Å². The number of fused-ring (bicyclic) bond motifs is 1. The summed E-state index contributed by atoms with van der Waals surface area (Å²) in [7, 11) is 0. The molecule has 1 heteroatoms. The molecule has 1 aliphatic carbocycles. The summed E-state index contributed by atoms with van der Waals surface area (Å²) in [5.74, 6) is 0. The zero-order chi connectivity index (χ0) is 11.8. The Morgan fingerprint density at radius 1 is 1.00 bits per heavy atom. The van der Waals surface area contributed by atoms with Crippen molar-refractivity contribution in [3.63, 3.8) is 0 Å². The number of rotatable bonds is 1. The third-order valence-electron chi connectivity index (χ3n) is 3.23. The van der Waals surface area contributed by atoms with E-state index in [-0.39, 0.29) is 0 Å². The normalized spacial score (nSPS) is 13.4. The van der Waals surface area contributed by atoms with Gasteiger partial charge in [0.25, 0.3) is 0 Å². The molecule has 0 saturated carbocycles. The van der Waals surface area contributed by atoms with Crippen molar-refractivity contribution < 1.29 is 0 Å². The first-order valence-electron chi connectivity index (χ1n) is 5.79. The third kappa shape index (κ3) is 1.85. The van der Waals surface area contributed by atoms with E-state index in [2.05, 4.69) is 71.4 Å². The fraction of sp³-hybridized carbons (Fsp3) is 0.125. The lowest BCUT2D eigenvalue weighted by atomic mass is 9.97. The van der Waals surface area contributed by atoms with Gasteiger partial charge < -0.3 is 0 Å². The van der Waals surface area contributed by atoms with Crippen molar-refractivity contribution in [2.45, 2.75) is 13.3 Å². The first-order chi connectivity index (χ1) is 8.25. The highest BCUT2D eigenvalue weighted by atomic mass is 79.9. The molecule has 84 valence electrons. The lowest BCUT2D eigenvalue weighted by Crippen LogP contribution is -1.89. The van der Waals surface area contributed by atoms with Gasteiger partial charge in [0, 0.05) is 4.47 Å². The molecule has 0 radical (unpaired) electrons. The average Bonchev–Trinajstić information content (AvgIpc) is 2.73. The summed E-state index contributed by atoms with van der Waals surface area (Å²) in [6.45, 7) is 2.20. The molecule has 1 aliphatic rings. The fourth-order valence-electron chi connectivity index (χ4n) is 2.43. The van der Waals surface area contributed by atoms with E-state index >= 15 is 0 Å². The number of allylic oxidation sites excluding steroid dienone is 1. The predicted molar refractivity (Wildman–Crippen MR) is 76.9 cm³/mol. The molecule has 17 heavy (non-hydrogen) atoms. The van der Waals surface area contributed by atoms with Crippen LogP contribution < -0.4 is 0 Å². The van der Waals surface area contributed by atoms with Gasteiger partial charge in [0.1, 0.15) is 0 Å². The van der Waals surface area contributed by atoms with E-state index in [9.17, 15) is 0 Å². The molecule has 0 heterocycles. The Balaban J connectivity index is 2.23. The van der Waals surface area contributed by atoms with Gasteiger partial charge in [-0.25, -0.2) is 0 Å². The molecule has 0 saturated heterocycles. The highest BCUT2D eigenvalue weighted by Crippen LogP contribution is 2.37. The standard InChI is InChI=1S/C16H13Br/c1-11-9-14-13(12-5-3-2-4-6-12)7-8-16(17)15(14)10-11/h2-9H,10H2,1H3.